The number of aliphatic carboxylic acids is 1. The van der Waals surface area contributed by atoms with E-state index in [1.165, 1.54) is 0 Å². The van der Waals surface area contributed by atoms with Crippen LogP contribution in [0.25, 0.3) is 0 Å². The Balaban J connectivity index is 0.00000338. The van der Waals surface area contributed by atoms with Gasteiger partial charge in [-0.3, -0.25) is 19.7 Å². The lowest BCUT2D eigenvalue weighted by Crippen LogP contribution is -2.42. The standard InChI is InChI=1S/C18H25N3O4.ClH/c1-2-4-15(18(24)25)19-11-16(22)20-10-12-5-3-6-13(9-12)17(23)21-14-7-8-14;/h3,5-6,9,14-15,19H,2,4,7-8,10-11H2,1H3,(H,20,22)(H,21,23)(H,24,25);1H. The monoisotopic (exact) mass is 383 g/mol. The van der Waals surface area contributed by atoms with Gasteiger partial charge < -0.3 is 15.7 Å². The highest BCUT2D eigenvalue weighted by Gasteiger charge is 2.23. The molecule has 0 spiro atoms. The van der Waals surface area contributed by atoms with E-state index in [0.29, 0.717) is 18.0 Å². The summed E-state index contributed by atoms with van der Waals surface area (Å²) in [6.45, 7) is 2.12. The fraction of sp³-hybridized carbons (Fsp3) is 0.500. The van der Waals surface area contributed by atoms with Crippen molar-refractivity contribution in [3.8, 4) is 0 Å². The first kappa shape index (κ1) is 21.9. The predicted molar refractivity (Wildman–Crippen MR) is 100 cm³/mol. The van der Waals surface area contributed by atoms with Crippen LogP contribution in [0.15, 0.2) is 24.3 Å². The second-order valence-corrected chi connectivity index (χ2v) is 6.29. The molecule has 4 N–H and O–H groups in total. The number of benzene rings is 1. The molecule has 0 bridgehead atoms. The average molecular weight is 384 g/mol. The van der Waals surface area contributed by atoms with Gasteiger partial charge in [-0.2, -0.15) is 0 Å². The summed E-state index contributed by atoms with van der Waals surface area (Å²) < 4.78 is 0. The Hall–Kier alpha value is -2.12. The second kappa shape index (κ2) is 10.8. The molecule has 8 heteroatoms. The molecule has 1 saturated carbocycles. The zero-order chi connectivity index (χ0) is 18.2. The normalized spacial score (nSPS) is 14.0. The van der Waals surface area contributed by atoms with Crippen molar-refractivity contribution in [1.82, 2.24) is 16.0 Å². The maximum Gasteiger partial charge on any atom is 0.320 e. The molecular weight excluding hydrogens is 358 g/mol. The molecule has 0 radical (unpaired) electrons. The second-order valence-electron chi connectivity index (χ2n) is 6.29. The average Bonchev–Trinajstić information content (AvgIpc) is 3.40. The third-order valence-electron chi connectivity index (χ3n) is 3.98. The molecule has 0 saturated heterocycles. The minimum absolute atomic E-state index is 0. The molecule has 2 rings (SSSR count). The Bertz CT molecular complexity index is 635. The number of amides is 2. The van der Waals surface area contributed by atoms with E-state index in [4.69, 9.17) is 5.11 Å². The Kier molecular flexibility index (Phi) is 9.09. The smallest absolute Gasteiger partial charge is 0.320 e. The minimum atomic E-state index is -0.955. The minimum Gasteiger partial charge on any atom is -0.480 e. The first-order valence-electron chi connectivity index (χ1n) is 8.62. The Labute approximate surface area is 159 Å². The van der Waals surface area contributed by atoms with Crippen LogP contribution in [0.4, 0.5) is 0 Å². The highest BCUT2D eigenvalue weighted by molar-refractivity contribution is 5.94. The molecule has 0 heterocycles. The van der Waals surface area contributed by atoms with Crippen molar-refractivity contribution in [2.45, 2.75) is 51.2 Å². The fourth-order valence-electron chi connectivity index (χ4n) is 2.40. The SMILES string of the molecule is CCCC(NCC(=O)NCc1cccc(C(=O)NC2CC2)c1)C(=O)O.Cl. The number of rotatable bonds is 10. The molecular formula is C18H26ClN3O4. The van der Waals surface area contributed by atoms with Crippen LogP contribution in [0, 0.1) is 0 Å². The van der Waals surface area contributed by atoms with E-state index in [1.54, 1.807) is 18.2 Å². The van der Waals surface area contributed by atoms with Gasteiger partial charge in [0.25, 0.3) is 5.91 Å². The molecule has 1 aliphatic rings. The molecule has 1 atom stereocenters. The third kappa shape index (κ3) is 7.41. The molecule has 7 nitrogen and oxygen atoms in total. The highest BCUT2D eigenvalue weighted by atomic mass is 35.5. The van der Waals surface area contributed by atoms with E-state index in [1.807, 2.05) is 13.0 Å². The maximum absolute atomic E-state index is 12.0. The molecule has 0 aliphatic heterocycles. The van der Waals surface area contributed by atoms with Gasteiger partial charge in [-0.1, -0.05) is 25.5 Å². The van der Waals surface area contributed by atoms with Crippen LogP contribution in [-0.4, -0.2) is 41.5 Å². The highest BCUT2D eigenvalue weighted by Crippen LogP contribution is 2.19. The van der Waals surface area contributed by atoms with Gasteiger partial charge in [-0.25, -0.2) is 0 Å². The van der Waals surface area contributed by atoms with Gasteiger partial charge in [-0.05, 0) is 37.0 Å². The van der Waals surface area contributed by atoms with Crippen molar-refractivity contribution in [3.63, 3.8) is 0 Å². The fourth-order valence-corrected chi connectivity index (χ4v) is 2.40. The number of nitrogens with one attached hydrogen (secondary N) is 3. The van der Waals surface area contributed by atoms with Crippen LogP contribution in [-0.2, 0) is 16.1 Å². The largest absolute Gasteiger partial charge is 0.480 e. The number of carbonyl (C=O) groups excluding carboxylic acids is 2. The zero-order valence-electron chi connectivity index (χ0n) is 14.8. The molecule has 144 valence electrons. The quantitative estimate of drug-likeness (QED) is 0.489. The van der Waals surface area contributed by atoms with Gasteiger partial charge in [0.1, 0.15) is 6.04 Å². The number of carboxylic acids is 1. The molecule has 1 aliphatic carbocycles. The van der Waals surface area contributed by atoms with Crippen molar-refractivity contribution in [3.05, 3.63) is 35.4 Å². The molecule has 1 aromatic carbocycles. The predicted octanol–water partition coefficient (Wildman–Crippen LogP) is 1.46. The Morgan fingerprint density at radius 3 is 2.62 bits per heavy atom. The van der Waals surface area contributed by atoms with Gasteiger partial charge in [0, 0.05) is 18.2 Å². The molecule has 26 heavy (non-hydrogen) atoms. The van der Waals surface area contributed by atoms with Gasteiger partial charge in [0.05, 0.1) is 6.54 Å². The van der Waals surface area contributed by atoms with Crippen LogP contribution in [0.3, 0.4) is 0 Å². The topological polar surface area (TPSA) is 108 Å². The van der Waals surface area contributed by atoms with Gasteiger partial charge >= 0.3 is 5.97 Å². The van der Waals surface area contributed by atoms with E-state index in [-0.39, 0.29) is 37.3 Å². The summed E-state index contributed by atoms with van der Waals surface area (Å²) in [7, 11) is 0. The summed E-state index contributed by atoms with van der Waals surface area (Å²) in [4.78, 5) is 34.9. The Morgan fingerprint density at radius 1 is 1.27 bits per heavy atom. The van der Waals surface area contributed by atoms with Gasteiger partial charge in [0.15, 0.2) is 0 Å². The number of hydrogen-bond donors (Lipinski definition) is 4. The third-order valence-corrected chi connectivity index (χ3v) is 3.98. The van der Waals surface area contributed by atoms with Crippen molar-refractivity contribution in [2.75, 3.05) is 6.54 Å². The molecule has 1 unspecified atom stereocenters. The molecule has 0 aromatic heterocycles. The van der Waals surface area contributed by atoms with E-state index < -0.39 is 12.0 Å². The van der Waals surface area contributed by atoms with Crippen molar-refractivity contribution >= 4 is 30.2 Å². The maximum atomic E-state index is 12.0. The van der Waals surface area contributed by atoms with Crippen molar-refractivity contribution < 1.29 is 19.5 Å². The van der Waals surface area contributed by atoms with Crippen LogP contribution < -0.4 is 16.0 Å². The number of carboxylic acid groups (broad SMARTS) is 1. The van der Waals surface area contributed by atoms with Crippen molar-refractivity contribution in [2.24, 2.45) is 0 Å². The zero-order valence-corrected chi connectivity index (χ0v) is 15.6. The summed E-state index contributed by atoms with van der Waals surface area (Å²) in [5.74, 6) is -1.33. The van der Waals surface area contributed by atoms with Crippen LogP contribution >= 0.6 is 12.4 Å². The first-order valence-corrected chi connectivity index (χ1v) is 8.62. The number of halogens is 1. The summed E-state index contributed by atoms with van der Waals surface area (Å²) in [6, 6.07) is 6.69. The summed E-state index contributed by atoms with van der Waals surface area (Å²) in [5, 5.41) is 17.4. The van der Waals surface area contributed by atoms with E-state index in [0.717, 1.165) is 24.8 Å². The summed E-state index contributed by atoms with van der Waals surface area (Å²) in [6.07, 6.45) is 3.26. The van der Waals surface area contributed by atoms with Crippen LogP contribution in [0.5, 0.6) is 0 Å². The Morgan fingerprint density at radius 2 is 2.00 bits per heavy atom. The van der Waals surface area contributed by atoms with Crippen LogP contribution in [0.2, 0.25) is 0 Å². The van der Waals surface area contributed by atoms with Crippen molar-refractivity contribution in [1.29, 1.82) is 0 Å². The lowest BCUT2D eigenvalue weighted by atomic mass is 10.1. The number of carbonyl (C=O) groups is 3. The van der Waals surface area contributed by atoms with E-state index in [2.05, 4.69) is 16.0 Å². The van der Waals surface area contributed by atoms with E-state index >= 15 is 0 Å². The summed E-state index contributed by atoms with van der Waals surface area (Å²) in [5.41, 5.74) is 1.39. The summed E-state index contributed by atoms with van der Waals surface area (Å²) >= 11 is 0. The lowest BCUT2D eigenvalue weighted by Gasteiger charge is -2.13. The molecule has 1 aromatic rings. The van der Waals surface area contributed by atoms with Crippen LogP contribution in [0.1, 0.15) is 48.5 Å². The lowest BCUT2D eigenvalue weighted by molar-refractivity contribution is -0.139. The molecule has 1 fully saturated rings. The van der Waals surface area contributed by atoms with Gasteiger partial charge in [-0.15, -0.1) is 12.4 Å². The number of hydrogen-bond acceptors (Lipinski definition) is 4. The molecule has 2 amide bonds. The first-order chi connectivity index (χ1) is 12.0. The van der Waals surface area contributed by atoms with Gasteiger partial charge in [0.2, 0.25) is 5.91 Å². The van der Waals surface area contributed by atoms with E-state index in [9.17, 15) is 14.4 Å².